The zero-order valence-corrected chi connectivity index (χ0v) is 10.2. The van der Waals surface area contributed by atoms with E-state index < -0.39 is 6.10 Å². The van der Waals surface area contributed by atoms with E-state index in [0.717, 1.165) is 11.3 Å². The summed E-state index contributed by atoms with van der Waals surface area (Å²) >= 11 is 0. The molecule has 0 aliphatic carbocycles. The van der Waals surface area contributed by atoms with Gasteiger partial charge in [-0.2, -0.15) is 0 Å². The van der Waals surface area contributed by atoms with Crippen molar-refractivity contribution in [2.75, 3.05) is 13.1 Å². The molecular formula is C13H15N3O2. The molecule has 2 aromatic heterocycles. The van der Waals surface area contributed by atoms with E-state index in [2.05, 4.69) is 4.98 Å². The Morgan fingerprint density at radius 3 is 3.00 bits per heavy atom. The third-order valence-corrected chi connectivity index (χ3v) is 3.37. The van der Waals surface area contributed by atoms with Crippen molar-refractivity contribution in [2.45, 2.75) is 19.4 Å². The predicted molar refractivity (Wildman–Crippen MR) is 66.5 cm³/mol. The van der Waals surface area contributed by atoms with Gasteiger partial charge in [-0.15, -0.1) is 0 Å². The Morgan fingerprint density at radius 1 is 1.50 bits per heavy atom. The van der Waals surface area contributed by atoms with Crippen LogP contribution in [0.5, 0.6) is 0 Å². The maximum absolute atomic E-state index is 12.2. The topological polar surface area (TPSA) is 57.8 Å². The molecule has 1 aliphatic heterocycles. The molecule has 1 N–H and O–H groups in total. The number of aromatic nitrogens is 2. The number of likely N-dealkylation sites (tertiary alicyclic amines) is 1. The van der Waals surface area contributed by atoms with Gasteiger partial charge in [0.2, 0.25) is 0 Å². The van der Waals surface area contributed by atoms with Crippen molar-refractivity contribution in [3.63, 3.8) is 0 Å². The second-order valence-corrected chi connectivity index (χ2v) is 4.72. The van der Waals surface area contributed by atoms with Crippen molar-refractivity contribution in [1.29, 1.82) is 0 Å². The molecule has 0 unspecified atom stereocenters. The Balaban J connectivity index is 1.95. The first-order chi connectivity index (χ1) is 8.65. The number of aliphatic hydroxyl groups is 1. The number of aliphatic hydroxyl groups excluding tert-OH is 1. The average Bonchev–Trinajstić information content (AvgIpc) is 2.95. The standard InChI is InChI=1S/C13H15N3O2/c1-9-3-2-4-12-14-11(8-16(9)12)13(18)15-6-5-10(17)7-15/h2-4,8,10,17H,5-7H2,1H3/t10-/m1/s1. The van der Waals surface area contributed by atoms with Crippen molar-refractivity contribution in [3.8, 4) is 0 Å². The number of β-amino-alcohol motifs (C(OH)–C–C–N with tert-alkyl or cyclic N) is 1. The highest BCUT2D eigenvalue weighted by atomic mass is 16.3. The molecule has 5 nitrogen and oxygen atoms in total. The fraction of sp³-hybridized carbons (Fsp3) is 0.385. The summed E-state index contributed by atoms with van der Waals surface area (Å²) < 4.78 is 1.90. The van der Waals surface area contributed by atoms with Crippen molar-refractivity contribution < 1.29 is 9.90 Å². The van der Waals surface area contributed by atoms with E-state index in [1.54, 1.807) is 11.1 Å². The summed E-state index contributed by atoms with van der Waals surface area (Å²) in [6.07, 6.45) is 2.02. The SMILES string of the molecule is Cc1cccc2nc(C(=O)N3CC[C@@H](O)C3)cn12. The maximum Gasteiger partial charge on any atom is 0.274 e. The Bertz CT molecular complexity index is 605. The van der Waals surface area contributed by atoms with Gasteiger partial charge in [0.1, 0.15) is 11.3 Å². The number of pyridine rings is 1. The number of carbonyl (C=O) groups is 1. The Hall–Kier alpha value is -1.88. The quantitative estimate of drug-likeness (QED) is 0.810. The molecule has 1 amide bonds. The third-order valence-electron chi connectivity index (χ3n) is 3.37. The van der Waals surface area contributed by atoms with E-state index in [1.807, 2.05) is 29.5 Å². The number of nitrogens with zero attached hydrogens (tertiary/aromatic N) is 3. The predicted octanol–water partition coefficient (Wildman–Crippen LogP) is 0.850. The molecule has 2 aromatic rings. The van der Waals surface area contributed by atoms with Gasteiger partial charge in [0.15, 0.2) is 0 Å². The van der Waals surface area contributed by atoms with Crippen molar-refractivity contribution in [2.24, 2.45) is 0 Å². The summed E-state index contributed by atoms with van der Waals surface area (Å²) in [5.74, 6) is -0.102. The highest BCUT2D eigenvalue weighted by molar-refractivity contribution is 5.93. The molecule has 1 atom stereocenters. The molecular weight excluding hydrogens is 230 g/mol. The lowest BCUT2D eigenvalue weighted by Gasteiger charge is -2.13. The molecule has 3 heterocycles. The van der Waals surface area contributed by atoms with E-state index >= 15 is 0 Å². The molecule has 0 aromatic carbocycles. The van der Waals surface area contributed by atoms with Crippen LogP contribution in [-0.2, 0) is 0 Å². The van der Waals surface area contributed by atoms with Crippen LogP contribution in [0.25, 0.3) is 5.65 Å². The largest absolute Gasteiger partial charge is 0.391 e. The monoisotopic (exact) mass is 245 g/mol. The van der Waals surface area contributed by atoms with Gasteiger partial charge in [0.25, 0.3) is 5.91 Å². The van der Waals surface area contributed by atoms with E-state index in [0.29, 0.717) is 25.2 Å². The van der Waals surface area contributed by atoms with Crippen LogP contribution in [0.4, 0.5) is 0 Å². The van der Waals surface area contributed by atoms with E-state index in [-0.39, 0.29) is 5.91 Å². The molecule has 1 saturated heterocycles. The first-order valence-electron chi connectivity index (χ1n) is 6.07. The van der Waals surface area contributed by atoms with E-state index in [4.69, 9.17) is 0 Å². The van der Waals surface area contributed by atoms with Crippen LogP contribution in [0.3, 0.4) is 0 Å². The summed E-state index contributed by atoms with van der Waals surface area (Å²) in [7, 11) is 0. The van der Waals surface area contributed by atoms with Crippen LogP contribution in [-0.4, -0.2) is 44.5 Å². The summed E-state index contributed by atoms with van der Waals surface area (Å²) in [6.45, 7) is 2.99. The minimum absolute atomic E-state index is 0.102. The lowest BCUT2D eigenvalue weighted by atomic mass is 10.3. The smallest absolute Gasteiger partial charge is 0.274 e. The fourth-order valence-corrected chi connectivity index (χ4v) is 2.34. The van der Waals surface area contributed by atoms with Crippen LogP contribution in [0, 0.1) is 6.92 Å². The number of imidazole rings is 1. The van der Waals surface area contributed by atoms with E-state index in [1.165, 1.54) is 0 Å². The highest BCUT2D eigenvalue weighted by Gasteiger charge is 2.26. The summed E-state index contributed by atoms with van der Waals surface area (Å²) in [4.78, 5) is 18.2. The zero-order valence-electron chi connectivity index (χ0n) is 10.2. The fourth-order valence-electron chi connectivity index (χ4n) is 2.34. The summed E-state index contributed by atoms with van der Waals surface area (Å²) in [5, 5.41) is 9.46. The van der Waals surface area contributed by atoms with Gasteiger partial charge in [0, 0.05) is 25.0 Å². The molecule has 0 bridgehead atoms. The average molecular weight is 245 g/mol. The number of aryl methyl sites for hydroxylation is 1. The molecule has 1 fully saturated rings. The summed E-state index contributed by atoms with van der Waals surface area (Å²) in [6, 6.07) is 5.77. The van der Waals surface area contributed by atoms with Crippen molar-refractivity contribution in [3.05, 3.63) is 35.8 Å². The zero-order chi connectivity index (χ0) is 12.7. The Morgan fingerprint density at radius 2 is 2.33 bits per heavy atom. The lowest BCUT2D eigenvalue weighted by molar-refractivity contribution is 0.0760. The number of hydrogen-bond donors (Lipinski definition) is 1. The van der Waals surface area contributed by atoms with Gasteiger partial charge in [-0.05, 0) is 25.5 Å². The van der Waals surface area contributed by atoms with E-state index in [9.17, 15) is 9.90 Å². The minimum atomic E-state index is -0.396. The summed E-state index contributed by atoms with van der Waals surface area (Å²) in [5.41, 5.74) is 2.26. The number of hydrogen-bond acceptors (Lipinski definition) is 3. The molecule has 0 radical (unpaired) electrons. The molecule has 18 heavy (non-hydrogen) atoms. The molecule has 1 aliphatic rings. The maximum atomic E-state index is 12.2. The van der Waals surface area contributed by atoms with Gasteiger partial charge in [-0.3, -0.25) is 4.79 Å². The number of rotatable bonds is 1. The molecule has 0 saturated carbocycles. The van der Waals surface area contributed by atoms with Crippen LogP contribution in [0.2, 0.25) is 0 Å². The second-order valence-electron chi connectivity index (χ2n) is 4.72. The number of carbonyl (C=O) groups excluding carboxylic acids is 1. The van der Waals surface area contributed by atoms with Gasteiger partial charge >= 0.3 is 0 Å². The first kappa shape index (κ1) is 11.2. The van der Waals surface area contributed by atoms with Gasteiger partial charge in [-0.25, -0.2) is 4.98 Å². The third kappa shape index (κ3) is 1.76. The van der Waals surface area contributed by atoms with Gasteiger partial charge in [-0.1, -0.05) is 6.07 Å². The molecule has 0 spiro atoms. The van der Waals surface area contributed by atoms with Crippen molar-refractivity contribution in [1.82, 2.24) is 14.3 Å². The van der Waals surface area contributed by atoms with Crippen LogP contribution < -0.4 is 0 Å². The van der Waals surface area contributed by atoms with Crippen LogP contribution in [0.15, 0.2) is 24.4 Å². The molecule has 5 heteroatoms. The minimum Gasteiger partial charge on any atom is -0.391 e. The number of fused-ring (bicyclic) bond motifs is 1. The Kier molecular flexibility index (Phi) is 2.56. The molecule has 94 valence electrons. The second kappa shape index (κ2) is 4.10. The molecule has 3 rings (SSSR count). The van der Waals surface area contributed by atoms with Crippen LogP contribution >= 0.6 is 0 Å². The lowest BCUT2D eigenvalue weighted by Crippen LogP contribution is -2.29. The van der Waals surface area contributed by atoms with Crippen LogP contribution in [0.1, 0.15) is 22.6 Å². The Labute approximate surface area is 105 Å². The van der Waals surface area contributed by atoms with Crippen molar-refractivity contribution >= 4 is 11.6 Å². The first-order valence-corrected chi connectivity index (χ1v) is 6.07. The normalized spacial score (nSPS) is 19.7. The highest BCUT2D eigenvalue weighted by Crippen LogP contribution is 2.14. The van der Waals surface area contributed by atoms with Gasteiger partial charge < -0.3 is 14.4 Å². The number of amides is 1. The van der Waals surface area contributed by atoms with Gasteiger partial charge in [0.05, 0.1) is 6.10 Å².